The SMILES string of the molecule is COCCNC(=S)N/N=C\c1cc(OC)c([O-])c([N+](=O)[O-])c1. The van der Waals surface area contributed by atoms with Crippen LogP contribution in [0, 0.1) is 10.1 Å². The topological polar surface area (TPSA) is 121 Å². The Labute approximate surface area is 132 Å². The number of hydrogen-bond acceptors (Lipinski definition) is 7. The molecule has 0 saturated carbocycles. The van der Waals surface area contributed by atoms with Gasteiger partial charge in [-0.2, -0.15) is 5.10 Å². The Kier molecular flexibility index (Phi) is 6.99. The number of thiocarbonyl (C=S) groups is 1. The first-order valence-electron chi connectivity index (χ1n) is 6.09. The van der Waals surface area contributed by atoms with E-state index in [9.17, 15) is 15.2 Å². The molecule has 0 saturated heterocycles. The van der Waals surface area contributed by atoms with Crippen LogP contribution >= 0.6 is 12.2 Å². The van der Waals surface area contributed by atoms with E-state index in [2.05, 4.69) is 15.8 Å². The molecule has 120 valence electrons. The number of nitrogens with one attached hydrogen (secondary N) is 2. The van der Waals surface area contributed by atoms with Crippen LogP contribution in [0.3, 0.4) is 0 Å². The first kappa shape index (κ1) is 17.6. The second kappa shape index (κ2) is 8.74. The maximum absolute atomic E-state index is 11.7. The van der Waals surface area contributed by atoms with Gasteiger partial charge in [-0.05, 0) is 18.3 Å². The molecule has 2 N–H and O–H groups in total. The van der Waals surface area contributed by atoms with Gasteiger partial charge in [-0.1, -0.05) is 0 Å². The summed E-state index contributed by atoms with van der Waals surface area (Å²) < 4.78 is 9.66. The lowest BCUT2D eigenvalue weighted by atomic mass is 10.2. The highest BCUT2D eigenvalue weighted by Gasteiger charge is 2.12. The van der Waals surface area contributed by atoms with Crippen LogP contribution in [-0.2, 0) is 4.74 Å². The van der Waals surface area contributed by atoms with Gasteiger partial charge in [-0.15, -0.1) is 0 Å². The molecule has 0 atom stereocenters. The molecule has 0 heterocycles. The van der Waals surface area contributed by atoms with Gasteiger partial charge in [0.05, 0.1) is 24.9 Å². The Morgan fingerprint density at radius 2 is 2.23 bits per heavy atom. The molecule has 0 unspecified atom stereocenters. The van der Waals surface area contributed by atoms with Crippen LogP contribution in [0.1, 0.15) is 5.56 Å². The zero-order chi connectivity index (χ0) is 16.5. The summed E-state index contributed by atoms with van der Waals surface area (Å²) in [6, 6.07) is 2.46. The fourth-order valence-corrected chi connectivity index (χ4v) is 1.60. The van der Waals surface area contributed by atoms with Crippen molar-refractivity contribution in [3.8, 4) is 11.5 Å². The lowest BCUT2D eigenvalue weighted by Gasteiger charge is -2.13. The van der Waals surface area contributed by atoms with Gasteiger partial charge in [0.1, 0.15) is 5.75 Å². The van der Waals surface area contributed by atoms with Crippen molar-refractivity contribution in [3.05, 3.63) is 27.8 Å². The number of methoxy groups -OCH3 is 2. The van der Waals surface area contributed by atoms with Crippen LogP contribution in [0.25, 0.3) is 0 Å². The van der Waals surface area contributed by atoms with Gasteiger partial charge < -0.3 is 19.9 Å². The molecule has 0 amide bonds. The summed E-state index contributed by atoms with van der Waals surface area (Å²) in [4.78, 5) is 10.0. The van der Waals surface area contributed by atoms with Gasteiger partial charge in [0.2, 0.25) is 0 Å². The summed E-state index contributed by atoms with van der Waals surface area (Å²) in [5.41, 5.74) is 2.28. The van der Waals surface area contributed by atoms with Gasteiger partial charge in [0.15, 0.2) is 5.11 Å². The van der Waals surface area contributed by atoms with Crippen molar-refractivity contribution >= 4 is 29.2 Å². The Balaban J connectivity index is 2.76. The molecular formula is C12H15N4O5S-. The quantitative estimate of drug-likeness (QED) is 0.238. The Morgan fingerprint density at radius 3 is 2.82 bits per heavy atom. The summed E-state index contributed by atoms with van der Waals surface area (Å²) >= 11 is 4.95. The summed E-state index contributed by atoms with van der Waals surface area (Å²) in [7, 11) is 2.82. The van der Waals surface area contributed by atoms with E-state index in [1.165, 1.54) is 19.4 Å². The summed E-state index contributed by atoms with van der Waals surface area (Å²) in [5, 5.41) is 29.4. The van der Waals surface area contributed by atoms with Crippen molar-refractivity contribution < 1.29 is 19.5 Å². The normalized spacial score (nSPS) is 10.5. The average Bonchev–Trinajstić information content (AvgIpc) is 2.48. The van der Waals surface area contributed by atoms with Crippen LogP contribution in [0.4, 0.5) is 5.69 Å². The Bertz CT molecular complexity index is 579. The lowest BCUT2D eigenvalue weighted by Crippen LogP contribution is -2.34. The van der Waals surface area contributed by atoms with Crippen molar-refractivity contribution in [2.24, 2.45) is 5.10 Å². The molecule has 22 heavy (non-hydrogen) atoms. The Morgan fingerprint density at radius 1 is 1.50 bits per heavy atom. The standard InChI is InChI=1S/C12H16N4O5S/c1-20-4-3-13-12(22)15-14-7-8-5-9(16(18)19)11(17)10(6-8)21-2/h5-7,17H,3-4H2,1-2H3,(H2,13,15,22)/p-1/b14-7-. The molecule has 0 radical (unpaired) electrons. The number of rotatable bonds is 7. The van der Waals surface area contributed by atoms with Crippen LogP contribution in [0.5, 0.6) is 11.5 Å². The summed E-state index contributed by atoms with van der Waals surface area (Å²) in [5.74, 6) is -0.911. The number of nitro groups is 1. The fourth-order valence-electron chi connectivity index (χ4n) is 1.44. The third kappa shape index (κ3) is 5.14. The molecule has 0 bridgehead atoms. The highest BCUT2D eigenvalue weighted by molar-refractivity contribution is 7.80. The molecule has 9 nitrogen and oxygen atoms in total. The van der Waals surface area contributed by atoms with Crippen LogP contribution in [-0.4, -0.2) is 43.6 Å². The number of nitro benzene ring substituents is 1. The van der Waals surface area contributed by atoms with Crippen molar-refractivity contribution in [2.45, 2.75) is 0 Å². The number of nitrogens with zero attached hydrogens (tertiary/aromatic N) is 2. The van der Waals surface area contributed by atoms with E-state index in [0.717, 1.165) is 6.07 Å². The number of hydrogen-bond donors (Lipinski definition) is 2. The van der Waals surface area contributed by atoms with E-state index in [1.54, 1.807) is 7.11 Å². The molecule has 10 heteroatoms. The minimum Gasteiger partial charge on any atom is -0.865 e. The van der Waals surface area contributed by atoms with Crippen LogP contribution in [0.2, 0.25) is 0 Å². The predicted octanol–water partition coefficient (Wildman–Crippen LogP) is 0.121. The van der Waals surface area contributed by atoms with Gasteiger partial charge in [-0.3, -0.25) is 15.5 Å². The number of hydrazone groups is 1. The largest absolute Gasteiger partial charge is 0.865 e. The predicted molar refractivity (Wildman–Crippen MR) is 82.3 cm³/mol. The molecule has 0 fully saturated rings. The summed E-state index contributed by atoms with van der Waals surface area (Å²) in [6.45, 7) is 1.00. The van der Waals surface area contributed by atoms with E-state index in [4.69, 9.17) is 21.7 Å². The minimum absolute atomic E-state index is 0.128. The molecule has 0 aliphatic carbocycles. The number of benzene rings is 1. The van der Waals surface area contributed by atoms with Gasteiger partial charge >= 0.3 is 0 Å². The van der Waals surface area contributed by atoms with Gasteiger partial charge in [0.25, 0.3) is 5.69 Å². The van der Waals surface area contributed by atoms with Gasteiger partial charge in [-0.25, -0.2) is 0 Å². The molecule has 0 aliphatic heterocycles. The maximum Gasteiger partial charge on any atom is 0.266 e. The van der Waals surface area contributed by atoms with E-state index < -0.39 is 16.4 Å². The first-order chi connectivity index (χ1) is 10.5. The molecule has 0 spiro atoms. The zero-order valence-electron chi connectivity index (χ0n) is 12.0. The van der Waals surface area contributed by atoms with Crippen molar-refractivity contribution in [2.75, 3.05) is 27.4 Å². The second-order valence-corrected chi connectivity index (χ2v) is 4.36. The zero-order valence-corrected chi connectivity index (χ0v) is 12.8. The van der Waals surface area contributed by atoms with E-state index in [0.29, 0.717) is 18.7 Å². The molecule has 1 rings (SSSR count). The van der Waals surface area contributed by atoms with Gasteiger partial charge in [0, 0.05) is 31.0 Å². The fraction of sp³-hybridized carbons (Fsp3) is 0.333. The maximum atomic E-state index is 11.7. The summed E-state index contributed by atoms with van der Waals surface area (Å²) in [6.07, 6.45) is 1.29. The van der Waals surface area contributed by atoms with Crippen molar-refractivity contribution in [1.82, 2.24) is 10.7 Å². The van der Waals surface area contributed by atoms with E-state index >= 15 is 0 Å². The second-order valence-electron chi connectivity index (χ2n) is 3.95. The minimum atomic E-state index is -0.783. The van der Waals surface area contributed by atoms with E-state index in [1.807, 2.05) is 0 Å². The van der Waals surface area contributed by atoms with Crippen LogP contribution in [0.15, 0.2) is 17.2 Å². The van der Waals surface area contributed by atoms with E-state index in [-0.39, 0.29) is 10.9 Å². The lowest BCUT2D eigenvalue weighted by molar-refractivity contribution is -0.398. The first-order valence-corrected chi connectivity index (χ1v) is 6.49. The smallest absolute Gasteiger partial charge is 0.266 e. The van der Waals surface area contributed by atoms with Crippen molar-refractivity contribution in [3.63, 3.8) is 0 Å². The molecule has 1 aromatic rings. The third-order valence-electron chi connectivity index (χ3n) is 2.45. The molecule has 1 aromatic carbocycles. The van der Waals surface area contributed by atoms with Crippen LogP contribution < -0.4 is 20.6 Å². The molecular weight excluding hydrogens is 312 g/mol. The third-order valence-corrected chi connectivity index (χ3v) is 2.68. The highest BCUT2D eigenvalue weighted by Crippen LogP contribution is 2.33. The number of ether oxygens (including phenoxy) is 2. The monoisotopic (exact) mass is 327 g/mol. The average molecular weight is 327 g/mol. The highest BCUT2D eigenvalue weighted by atomic mass is 32.1. The Hall–Kier alpha value is -2.46. The molecule has 0 aromatic heterocycles. The van der Waals surface area contributed by atoms with Crippen molar-refractivity contribution in [1.29, 1.82) is 0 Å². The molecule has 0 aliphatic rings.